The van der Waals surface area contributed by atoms with Crippen LogP contribution >= 0.6 is 0 Å². The van der Waals surface area contributed by atoms with E-state index in [-0.39, 0.29) is 5.91 Å². The van der Waals surface area contributed by atoms with Gasteiger partial charge in [-0.15, -0.1) is 0 Å². The molecule has 26 heavy (non-hydrogen) atoms. The fourth-order valence-electron chi connectivity index (χ4n) is 3.18. The molecule has 6 heteroatoms. The van der Waals surface area contributed by atoms with Gasteiger partial charge in [-0.1, -0.05) is 31.2 Å². The fourth-order valence-corrected chi connectivity index (χ4v) is 3.18. The number of amides is 1. The Bertz CT molecular complexity index is 594. The first-order valence-corrected chi connectivity index (χ1v) is 9.70. The molecule has 2 N–H and O–H groups in total. The molecule has 144 valence electrons. The number of carbonyl (C=O) groups excluding carboxylic acids is 1. The number of hydrogen-bond acceptors (Lipinski definition) is 3. The van der Waals surface area contributed by atoms with Gasteiger partial charge in [0.05, 0.1) is 6.54 Å². The second kappa shape index (κ2) is 10.8. The van der Waals surface area contributed by atoms with Gasteiger partial charge in [0.2, 0.25) is 5.91 Å². The molecule has 0 saturated carbocycles. The number of nitrogens with zero attached hydrogens (tertiary/aromatic N) is 3. The average Bonchev–Trinajstić information content (AvgIpc) is 2.66. The molecule has 1 heterocycles. The zero-order valence-corrected chi connectivity index (χ0v) is 16.4. The van der Waals surface area contributed by atoms with Gasteiger partial charge in [0.1, 0.15) is 0 Å². The third kappa shape index (κ3) is 6.33. The van der Waals surface area contributed by atoms with Crippen LogP contribution in [0.4, 0.5) is 0 Å². The predicted molar refractivity (Wildman–Crippen MR) is 107 cm³/mol. The summed E-state index contributed by atoms with van der Waals surface area (Å²) in [6.45, 7) is 12.8. The second-order valence-electron chi connectivity index (χ2n) is 6.59. The summed E-state index contributed by atoms with van der Waals surface area (Å²) in [6, 6.07) is 8.48. The van der Waals surface area contributed by atoms with Crippen LogP contribution in [0.3, 0.4) is 0 Å². The summed E-state index contributed by atoms with van der Waals surface area (Å²) in [4.78, 5) is 20.4. The third-order valence-electron chi connectivity index (χ3n) is 4.79. The smallest absolute Gasteiger partial charge is 0.219 e. The van der Waals surface area contributed by atoms with Crippen molar-refractivity contribution >= 4 is 11.9 Å². The van der Waals surface area contributed by atoms with Crippen LogP contribution in [0, 0.1) is 0 Å². The summed E-state index contributed by atoms with van der Waals surface area (Å²) in [5.74, 6) is 1.04. The van der Waals surface area contributed by atoms with Crippen molar-refractivity contribution in [3.8, 4) is 0 Å². The van der Waals surface area contributed by atoms with E-state index in [2.05, 4.69) is 53.6 Å². The second-order valence-corrected chi connectivity index (χ2v) is 6.59. The van der Waals surface area contributed by atoms with Crippen LogP contribution < -0.4 is 10.6 Å². The maximum absolute atomic E-state index is 11.4. The van der Waals surface area contributed by atoms with Gasteiger partial charge in [0.15, 0.2) is 5.96 Å². The molecule has 1 aromatic rings. The number of rotatable bonds is 7. The van der Waals surface area contributed by atoms with E-state index in [0.29, 0.717) is 6.54 Å². The van der Waals surface area contributed by atoms with Crippen LogP contribution in [-0.4, -0.2) is 67.5 Å². The highest BCUT2D eigenvalue weighted by molar-refractivity contribution is 5.79. The minimum Gasteiger partial charge on any atom is -0.357 e. The van der Waals surface area contributed by atoms with Gasteiger partial charge >= 0.3 is 0 Å². The molecule has 2 rings (SSSR count). The lowest BCUT2D eigenvalue weighted by Crippen LogP contribution is -2.50. The van der Waals surface area contributed by atoms with Gasteiger partial charge in [-0.25, -0.2) is 4.99 Å². The minimum atomic E-state index is 0.178. The molecular formula is C20H33N5O. The van der Waals surface area contributed by atoms with Crippen LogP contribution in [0.5, 0.6) is 0 Å². The van der Waals surface area contributed by atoms with E-state index < -0.39 is 0 Å². The van der Waals surface area contributed by atoms with Gasteiger partial charge in [0, 0.05) is 52.7 Å². The highest BCUT2D eigenvalue weighted by Gasteiger charge is 2.17. The molecule has 1 aromatic carbocycles. The fraction of sp³-hybridized carbons (Fsp3) is 0.600. The summed E-state index contributed by atoms with van der Waals surface area (Å²) in [5.41, 5.74) is 2.64. The van der Waals surface area contributed by atoms with E-state index in [1.165, 1.54) is 11.1 Å². The highest BCUT2D eigenvalue weighted by Crippen LogP contribution is 2.10. The molecule has 1 aliphatic rings. The van der Waals surface area contributed by atoms with E-state index in [9.17, 15) is 4.79 Å². The molecule has 0 spiro atoms. The maximum atomic E-state index is 11.4. The van der Waals surface area contributed by atoms with Gasteiger partial charge in [-0.3, -0.25) is 9.69 Å². The third-order valence-corrected chi connectivity index (χ3v) is 4.79. The van der Waals surface area contributed by atoms with Crippen molar-refractivity contribution in [2.75, 3.05) is 45.8 Å². The quantitative estimate of drug-likeness (QED) is 0.572. The summed E-state index contributed by atoms with van der Waals surface area (Å²) in [5, 5.41) is 6.74. The van der Waals surface area contributed by atoms with Crippen LogP contribution in [-0.2, 0) is 17.8 Å². The Labute approximate surface area is 157 Å². The number of benzene rings is 1. The Balaban J connectivity index is 1.80. The van der Waals surface area contributed by atoms with Crippen molar-refractivity contribution in [3.05, 3.63) is 35.4 Å². The zero-order valence-electron chi connectivity index (χ0n) is 16.4. The number of carbonyl (C=O) groups is 1. The molecule has 1 fully saturated rings. The summed E-state index contributed by atoms with van der Waals surface area (Å²) < 4.78 is 0. The first kappa shape index (κ1) is 20.2. The Hall–Kier alpha value is -2.08. The Morgan fingerprint density at radius 2 is 1.77 bits per heavy atom. The Kier molecular flexibility index (Phi) is 8.41. The number of piperazine rings is 1. The van der Waals surface area contributed by atoms with Crippen molar-refractivity contribution in [1.82, 2.24) is 20.4 Å². The van der Waals surface area contributed by atoms with Gasteiger partial charge < -0.3 is 15.5 Å². The van der Waals surface area contributed by atoms with Crippen LogP contribution in [0.1, 0.15) is 31.9 Å². The van der Waals surface area contributed by atoms with Crippen molar-refractivity contribution in [3.63, 3.8) is 0 Å². The first-order valence-electron chi connectivity index (χ1n) is 9.70. The number of aliphatic imine (C=N–C) groups is 1. The molecule has 6 nitrogen and oxygen atoms in total. The molecule has 1 saturated heterocycles. The largest absolute Gasteiger partial charge is 0.357 e. The molecule has 0 atom stereocenters. The number of aryl methyl sites for hydroxylation is 1. The van der Waals surface area contributed by atoms with Crippen LogP contribution in [0.15, 0.2) is 29.3 Å². The zero-order chi connectivity index (χ0) is 18.8. The Morgan fingerprint density at radius 1 is 1.08 bits per heavy atom. The van der Waals surface area contributed by atoms with Gasteiger partial charge in [0.25, 0.3) is 0 Å². The molecule has 1 amide bonds. The lowest BCUT2D eigenvalue weighted by molar-refractivity contribution is -0.130. The maximum Gasteiger partial charge on any atom is 0.219 e. The van der Waals surface area contributed by atoms with E-state index in [0.717, 1.165) is 58.2 Å². The highest BCUT2D eigenvalue weighted by atomic mass is 16.2. The lowest BCUT2D eigenvalue weighted by Gasteiger charge is -2.34. The van der Waals surface area contributed by atoms with Gasteiger partial charge in [-0.05, 0) is 24.5 Å². The van der Waals surface area contributed by atoms with E-state index in [4.69, 9.17) is 4.99 Å². The molecule has 0 bridgehead atoms. The summed E-state index contributed by atoms with van der Waals surface area (Å²) in [7, 11) is 0. The normalized spacial score (nSPS) is 15.8. The number of guanidine groups is 1. The van der Waals surface area contributed by atoms with Crippen molar-refractivity contribution < 1.29 is 4.79 Å². The molecule has 0 aliphatic carbocycles. The van der Waals surface area contributed by atoms with Crippen molar-refractivity contribution in [1.29, 1.82) is 0 Å². The van der Waals surface area contributed by atoms with Crippen LogP contribution in [0.25, 0.3) is 0 Å². The predicted octanol–water partition coefficient (Wildman–Crippen LogP) is 1.47. The molecular weight excluding hydrogens is 326 g/mol. The lowest BCUT2D eigenvalue weighted by atomic mass is 10.1. The minimum absolute atomic E-state index is 0.178. The van der Waals surface area contributed by atoms with E-state index >= 15 is 0 Å². The SMILES string of the molecule is CCNC(=NCc1ccccc1CC)NCCN1CCN(C(C)=O)CC1. The molecule has 0 radical (unpaired) electrons. The monoisotopic (exact) mass is 359 g/mol. The van der Waals surface area contributed by atoms with Crippen LogP contribution in [0.2, 0.25) is 0 Å². The molecule has 0 aromatic heterocycles. The Morgan fingerprint density at radius 3 is 2.38 bits per heavy atom. The molecule has 1 aliphatic heterocycles. The van der Waals surface area contributed by atoms with Crippen molar-refractivity contribution in [2.24, 2.45) is 4.99 Å². The topological polar surface area (TPSA) is 60.0 Å². The first-order chi connectivity index (χ1) is 12.6. The van der Waals surface area contributed by atoms with E-state index in [1.54, 1.807) is 6.92 Å². The van der Waals surface area contributed by atoms with Crippen molar-refractivity contribution in [2.45, 2.75) is 33.7 Å². The standard InChI is InChI=1S/C20H33N5O/c1-4-18-8-6-7-9-19(18)16-23-20(21-5-2)22-10-11-24-12-14-25(15-13-24)17(3)26/h6-9H,4-5,10-16H2,1-3H3,(H2,21,22,23). The summed E-state index contributed by atoms with van der Waals surface area (Å²) >= 11 is 0. The summed E-state index contributed by atoms with van der Waals surface area (Å²) in [6.07, 6.45) is 1.03. The molecule has 0 unspecified atom stereocenters. The number of hydrogen-bond donors (Lipinski definition) is 2. The van der Waals surface area contributed by atoms with E-state index in [1.807, 2.05) is 4.90 Å². The number of nitrogens with one attached hydrogen (secondary N) is 2. The average molecular weight is 360 g/mol. The van der Waals surface area contributed by atoms with Gasteiger partial charge in [-0.2, -0.15) is 0 Å².